The number of carbonyl (C=O) groups excluding carboxylic acids is 2. The van der Waals surface area contributed by atoms with Crippen LogP contribution in [0.1, 0.15) is 29.2 Å². The van der Waals surface area contributed by atoms with Crippen molar-refractivity contribution >= 4 is 12.1 Å². The minimum Gasteiger partial charge on any atom is -0.303 e. The second-order valence-corrected chi connectivity index (χ2v) is 6.50. The first kappa shape index (κ1) is 16.4. The van der Waals surface area contributed by atoms with Crippen molar-refractivity contribution in [2.75, 3.05) is 13.3 Å². The summed E-state index contributed by atoms with van der Waals surface area (Å²) < 4.78 is 0. The first-order valence-corrected chi connectivity index (χ1v) is 8.60. The van der Waals surface area contributed by atoms with Gasteiger partial charge in [-0.1, -0.05) is 24.3 Å². The van der Waals surface area contributed by atoms with Crippen LogP contribution in [0.3, 0.4) is 0 Å². The van der Waals surface area contributed by atoms with Crippen molar-refractivity contribution in [1.82, 2.24) is 0 Å². The smallest absolute Gasteiger partial charge is 0.134 e. The zero-order valence-electron chi connectivity index (χ0n) is 14.5. The van der Waals surface area contributed by atoms with E-state index in [0.717, 1.165) is 50.0 Å². The lowest BCUT2D eigenvalue weighted by Crippen LogP contribution is -2.34. The Labute approximate surface area is 149 Å². The number of Topliss-reactive ketones (excluding diaryl/α,β-unsaturated/α-hetero) is 1. The van der Waals surface area contributed by atoms with Gasteiger partial charge in [-0.25, -0.2) is 0 Å². The molecule has 2 heterocycles. The minimum absolute atomic E-state index is 0.117. The summed E-state index contributed by atoms with van der Waals surface area (Å²) in [5, 5.41) is 3.43. The molecule has 0 bridgehead atoms. The Morgan fingerprint density at radius 1 is 0.846 bits per heavy atom. The molecule has 0 unspecified atom stereocenters. The maximum atomic E-state index is 11.5. The Morgan fingerprint density at radius 3 is 1.85 bits per heavy atom. The summed E-state index contributed by atoms with van der Waals surface area (Å²) >= 11 is 0. The van der Waals surface area contributed by atoms with Crippen LogP contribution in [0.2, 0.25) is 0 Å². The number of rotatable bonds is 6. The Kier molecular flexibility index (Phi) is 4.24. The molecule has 2 aromatic rings. The molecule has 0 N–H and O–H groups in total. The molecule has 4 rings (SSSR count). The van der Waals surface area contributed by atoms with Gasteiger partial charge in [-0.15, -0.1) is 0 Å². The van der Waals surface area contributed by atoms with E-state index >= 15 is 0 Å². The molecular weight excluding hydrogens is 328 g/mol. The number of hydrogen-bond acceptors (Lipinski definition) is 6. The monoisotopic (exact) mass is 346 g/mol. The highest BCUT2D eigenvalue weighted by atomic mass is 16.1. The predicted octanol–water partition coefficient (Wildman–Crippen LogP) is -0.429. The predicted molar refractivity (Wildman–Crippen MR) is 94.2 cm³/mol. The highest BCUT2D eigenvalue weighted by Crippen LogP contribution is 2.06. The average molecular weight is 346 g/mol. The molecule has 0 amide bonds. The molecule has 0 aliphatic carbocycles. The highest BCUT2D eigenvalue weighted by Gasteiger charge is 2.13. The average Bonchev–Trinajstić information content (AvgIpc) is 3.28. The first-order chi connectivity index (χ1) is 12.7. The van der Waals surface area contributed by atoms with Gasteiger partial charge in [-0.2, -0.15) is 0 Å². The van der Waals surface area contributed by atoms with Gasteiger partial charge >= 0.3 is 0 Å². The normalized spacial score (nSPS) is 13.7. The van der Waals surface area contributed by atoms with Crippen LogP contribution < -0.4 is 21.4 Å². The minimum atomic E-state index is 0.117. The van der Waals surface area contributed by atoms with Crippen molar-refractivity contribution in [3.8, 4) is 0 Å². The molecule has 2 aliphatic rings. The van der Waals surface area contributed by atoms with Gasteiger partial charge in [-0.05, 0) is 29.2 Å². The van der Waals surface area contributed by atoms with Crippen LogP contribution in [0.4, 0.5) is 0 Å². The first-order valence-electron chi connectivity index (χ1n) is 8.60. The molecule has 0 fully saturated rings. The fourth-order valence-electron chi connectivity index (χ4n) is 3.54. The summed E-state index contributed by atoms with van der Waals surface area (Å²) in [5.74, 6) is 0.117. The van der Waals surface area contributed by atoms with Crippen LogP contribution in [0.5, 0.6) is 0 Å². The van der Waals surface area contributed by atoms with Gasteiger partial charge < -0.3 is 4.79 Å². The number of ketones is 1. The second kappa shape index (κ2) is 6.71. The molecule has 0 saturated carbocycles. The van der Waals surface area contributed by atoms with Crippen molar-refractivity contribution in [1.29, 1.82) is 0 Å². The molecule has 130 valence electrons. The van der Waals surface area contributed by atoms with Crippen LogP contribution in [-0.4, -0.2) is 25.4 Å². The summed E-state index contributed by atoms with van der Waals surface area (Å²) in [6.45, 7) is 2.41. The van der Waals surface area contributed by atoms with E-state index in [1.165, 1.54) is 0 Å². The second-order valence-electron chi connectivity index (χ2n) is 6.50. The van der Waals surface area contributed by atoms with Crippen LogP contribution in [0.15, 0.2) is 44.2 Å². The van der Waals surface area contributed by atoms with E-state index in [9.17, 15) is 9.59 Å². The quantitative estimate of drug-likeness (QED) is 0.665. The zero-order chi connectivity index (χ0) is 18.1. The SMILES string of the molecule is CC(=O)Cc1ccc(Cc2ccc(CC=O)c3c2=NCN=3)c2c1=NCN=2. The number of hydrogen-bond donors (Lipinski definition) is 0. The van der Waals surface area contributed by atoms with Gasteiger partial charge in [0.2, 0.25) is 0 Å². The van der Waals surface area contributed by atoms with E-state index in [4.69, 9.17) is 0 Å². The molecule has 0 atom stereocenters. The number of carbonyl (C=O) groups is 2. The Balaban J connectivity index is 1.77. The maximum absolute atomic E-state index is 11.5. The van der Waals surface area contributed by atoms with E-state index in [2.05, 4.69) is 20.0 Å². The van der Waals surface area contributed by atoms with Gasteiger partial charge in [0.15, 0.2) is 0 Å². The lowest BCUT2D eigenvalue weighted by Gasteiger charge is -2.06. The van der Waals surface area contributed by atoms with Gasteiger partial charge in [0, 0.05) is 19.3 Å². The molecule has 26 heavy (non-hydrogen) atoms. The number of fused-ring (bicyclic) bond motifs is 2. The summed E-state index contributed by atoms with van der Waals surface area (Å²) in [7, 11) is 0. The van der Waals surface area contributed by atoms with Crippen molar-refractivity contribution in [2.45, 2.75) is 26.2 Å². The summed E-state index contributed by atoms with van der Waals surface area (Å²) in [5.41, 5.74) is 3.99. The van der Waals surface area contributed by atoms with Crippen LogP contribution in [-0.2, 0) is 28.9 Å². The van der Waals surface area contributed by atoms with Crippen molar-refractivity contribution in [3.63, 3.8) is 0 Å². The fraction of sp³-hybridized carbons (Fsp3) is 0.300. The molecular formula is C20H18N4O2. The maximum Gasteiger partial charge on any atom is 0.134 e. The molecule has 6 nitrogen and oxygen atoms in total. The number of nitrogens with zero attached hydrogens (tertiary/aromatic N) is 4. The Morgan fingerprint density at radius 2 is 1.31 bits per heavy atom. The van der Waals surface area contributed by atoms with Crippen LogP contribution >= 0.6 is 0 Å². The van der Waals surface area contributed by atoms with Gasteiger partial charge in [0.05, 0.1) is 21.4 Å². The van der Waals surface area contributed by atoms with E-state index < -0.39 is 0 Å². The standard InChI is InChI=1S/C20H18N4O2/c1-12(26)8-14-4-5-16(20-18(14)22-11-24-20)9-15-3-2-13(6-7-25)17-19(15)23-10-21-17/h2-5,7H,6,8-11H2,1H3. The third-order valence-corrected chi connectivity index (χ3v) is 4.68. The number of benzene rings is 2. The van der Waals surface area contributed by atoms with Crippen molar-refractivity contribution in [2.24, 2.45) is 20.0 Å². The van der Waals surface area contributed by atoms with Gasteiger partial charge in [-0.3, -0.25) is 24.8 Å². The van der Waals surface area contributed by atoms with E-state index in [1.807, 2.05) is 24.3 Å². The van der Waals surface area contributed by atoms with Crippen molar-refractivity contribution < 1.29 is 9.59 Å². The molecule has 0 radical (unpaired) electrons. The topological polar surface area (TPSA) is 83.6 Å². The lowest BCUT2D eigenvalue weighted by molar-refractivity contribution is -0.116. The van der Waals surface area contributed by atoms with E-state index in [0.29, 0.717) is 32.6 Å². The highest BCUT2D eigenvalue weighted by molar-refractivity contribution is 5.78. The molecule has 0 aromatic heterocycles. The number of aldehydes is 1. The summed E-state index contributed by atoms with van der Waals surface area (Å²) in [6.07, 6.45) is 2.30. The molecule has 2 aromatic carbocycles. The zero-order valence-corrected chi connectivity index (χ0v) is 14.5. The largest absolute Gasteiger partial charge is 0.303 e. The lowest BCUT2D eigenvalue weighted by atomic mass is 9.98. The summed E-state index contributed by atoms with van der Waals surface area (Å²) in [6, 6.07) is 7.98. The third-order valence-electron chi connectivity index (χ3n) is 4.68. The molecule has 2 aliphatic heterocycles. The fourth-order valence-corrected chi connectivity index (χ4v) is 3.54. The van der Waals surface area contributed by atoms with Gasteiger partial charge in [0.1, 0.15) is 25.4 Å². The van der Waals surface area contributed by atoms with Crippen LogP contribution in [0.25, 0.3) is 0 Å². The molecule has 0 spiro atoms. The van der Waals surface area contributed by atoms with Gasteiger partial charge in [0.25, 0.3) is 0 Å². The molecule has 0 saturated heterocycles. The van der Waals surface area contributed by atoms with Crippen molar-refractivity contribution in [3.05, 3.63) is 67.9 Å². The van der Waals surface area contributed by atoms with E-state index in [1.54, 1.807) is 6.92 Å². The Bertz CT molecular complexity index is 1170. The molecule has 6 heteroatoms. The Hall–Kier alpha value is -3.02. The summed E-state index contributed by atoms with van der Waals surface area (Å²) in [4.78, 5) is 40.3. The van der Waals surface area contributed by atoms with E-state index in [-0.39, 0.29) is 5.78 Å². The third kappa shape index (κ3) is 2.87. The van der Waals surface area contributed by atoms with Crippen LogP contribution in [0, 0.1) is 0 Å².